The van der Waals surface area contributed by atoms with Crippen LogP contribution in [0, 0.1) is 11.6 Å². The van der Waals surface area contributed by atoms with E-state index in [9.17, 15) is 22.8 Å². The molecule has 2 aliphatic rings. The Labute approximate surface area is 148 Å². The van der Waals surface area contributed by atoms with Crippen molar-refractivity contribution in [1.29, 1.82) is 0 Å². The van der Waals surface area contributed by atoms with E-state index in [1.54, 1.807) is 6.92 Å². The number of hydrogen-bond donors (Lipinski definition) is 1. The van der Waals surface area contributed by atoms with Gasteiger partial charge < -0.3 is 15.0 Å². The van der Waals surface area contributed by atoms with Gasteiger partial charge in [-0.1, -0.05) is 6.92 Å². The van der Waals surface area contributed by atoms with Crippen LogP contribution in [0.2, 0.25) is 0 Å². The van der Waals surface area contributed by atoms with Crippen LogP contribution in [0.1, 0.15) is 20.3 Å². The molecule has 9 heteroatoms. The summed E-state index contributed by atoms with van der Waals surface area (Å²) in [5.41, 5.74) is -1.75. The summed E-state index contributed by atoms with van der Waals surface area (Å²) in [6, 6.07) is 2.06. The first-order valence-corrected chi connectivity index (χ1v) is 8.38. The molecule has 1 N–H and O–H groups in total. The molecule has 6 nitrogen and oxygen atoms in total. The van der Waals surface area contributed by atoms with Crippen molar-refractivity contribution in [3.05, 3.63) is 23.8 Å². The van der Waals surface area contributed by atoms with Gasteiger partial charge in [0, 0.05) is 18.6 Å². The number of nitrogens with one attached hydrogen (secondary N) is 1. The summed E-state index contributed by atoms with van der Waals surface area (Å²) in [6.07, 6.45) is -1.05. The molecule has 0 aliphatic carbocycles. The summed E-state index contributed by atoms with van der Waals surface area (Å²) < 4.78 is 47.4. The van der Waals surface area contributed by atoms with E-state index in [0.717, 1.165) is 17.0 Å². The van der Waals surface area contributed by atoms with Gasteiger partial charge in [-0.15, -0.1) is 0 Å². The molecule has 2 saturated heterocycles. The minimum absolute atomic E-state index is 0.0154. The van der Waals surface area contributed by atoms with Gasteiger partial charge in [0.15, 0.2) is 11.6 Å². The van der Waals surface area contributed by atoms with Gasteiger partial charge in [0.2, 0.25) is 5.91 Å². The van der Waals surface area contributed by atoms with Crippen molar-refractivity contribution in [2.24, 2.45) is 0 Å². The number of benzene rings is 1. The van der Waals surface area contributed by atoms with Crippen LogP contribution < -0.4 is 15.1 Å². The number of nitrogens with zero attached hydrogens (tertiary/aromatic N) is 2. The molecule has 0 aromatic heterocycles. The van der Waals surface area contributed by atoms with Crippen molar-refractivity contribution < 1.29 is 27.5 Å². The van der Waals surface area contributed by atoms with E-state index in [4.69, 9.17) is 4.74 Å². The molecule has 0 radical (unpaired) electrons. The molecule has 2 fully saturated rings. The van der Waals surface area contributed by atoms with Gasteiger partial charge in [-0.3, -0.25) is 9.69 Å². The topological polar surface area (TPSA) is 61.9 Å². The second kappa shape index (κ2) is 6.69. The maximum atomic E-state index is 14.4. The molecular formula is C17H20F3N3O3. The van der Waals surface area contributed by atoms with Crippen molar-refractivity contribution in [3.63, 3.8) is 0 Å². The van der Waals surface area contributed by atoms with Crippen molar-refractivity contribution in [3.8, 4) is 0 Å². The molecule has 0 unspecified atom stereocenters. The zero-order valence-corrected chi connectivity index (χ0v) is 14.5. The van der Waals surface area contributed by atoms with Crippen LogP contribution >= 0.6 is 0 Å². The third kappa shape index (κ3) is 3.56. The number of hydrogen-bond acceptors (Lipinski definition) is 4. The van der Waals surface area contributed by atoms with Gasteiger partial charge in [0.1, 0.15) is 17.5 Å². The van der Waals surface area contributed by atoms with E-state index in [0.29, 0.717) is 6.42 Å². The van der Waals surface area contributed by atoms with E-state index in [1.807, 2.05) is 0 Å². The minimum atomic E-state index is -1.47. The van der Waals surface area contributed by atoms with Crippen LogP contribution in [0.4, 0.5) is 29.3 Å². The molecule has 2 amide bonds. The molecule has 0 spiro atoms. The highest BCUT2D eigenvalue weighted by Gasteiger charge is 2.41. The first kappa shape index (κ1) is 18.3. The number of alkyl halides is 1. The fourth-order valence-electron chi connectivity index (χ4n) is 3.11. The fourth-order valence-corrected chi connectivity index (χ4v) is 3.11. The molecular weight excluding hydrogens is 351 g/mol. The number of halogens is 3. The maximum Gasteiger partial charge on any atom is 0.414 e. The Morgan fingerprint density at radius 1 is 1.35 bits per heavy atom. The first-order valence-electron chi connectivity index (χ1n) is 8.38. The number of cyclic esters (lactones) is 1. The second-order valence-electron chi connectivity index (χ2n) is 6.80. The van der Waals surface area contributed by atoms with Crippen molar-refractivity contribution in [2.45, 2.75) is 32.0 Å². The maximum absolute atomic E-state index is 14.4. The Hall–Kier alpha value is -2.45. The Kier molecular flexibility index (Phi) is 4.72. The lowest BCUT2D eigenvalue weighted by Gasteiger charge is -2.44. The number of rotatable bonds is 5. The molecule has 1 atom stereocenters. The van der Waals surface area contributed by atoms with E-state index in [1.165, 1.54) is 11.8 Å². The number of amides is 2. The first-order chi connectivity index (χ1) is 12.2. The number of ether oxygens (including phenoxy) is 1. The van der Waals surface area contributed by atoms with Gasteiger partial charge in [0.25, 0.3) is 0 Å². The summed E-state index contributed by atoms with van der Waals surface area (Å²) in [5, 5.41) is 2.60. The highest BCUT2D eigenvalue weighted by molar-refractivity contribution is 5.90. The molecule has 1 aromatic carbocycles. The Morgan fingerprint density at radius 2 is 1.96 bits per heavy atom. The van der Waals surface area contributed by atoms with Gasteiger partial charge in [-0.25, -0.2) is 18.0 Å². The normalized spacial score (nSPS) is 21.4. The summed E-state index contributed by atoms with van der Waals surface area (Å²) in [5.74, 6) is -1.92. The quantitative estimate of drug-likeness (QED) is 0.863. The molecule has 1 aromatic rings. The standard InChI is InChI=1S/C17H20F3N3O3/c1-3-14(24)21-6-11-7-23(16(25)26-11)10-4-12(18)15(13(19)5-10)22-8-17(2,20)9-22/h4-5,11H,3,6-9H2,1-2H3,(H,21,24)/t11-/m0/s1. The summed E-state index contributed by atoms with van der Waals surface area (Å²) in [6.45, 7) is 3.06. The van der Waals surface area contributed by atoms with Gasteiger partial charge in [0.05, 0.1) is 31.9 Å². The Morgan fingerprint density at radius 3 is 2.50 bits per heavy atom. The SMILES string of the molecule is CCC(=O)NC[C@H]1CN(c2cc(F)c(N3CC(C)(F)C3)c(F)c2)C(=O)O1. The van der Waals surface area contributed by atoms with Crippen molar-refractivity contribution in [2.75, 3.05) is 36.0 Å². The predicted octanol–water partition coefficient (Wildman–Crippen LogP) is 2.36. The largest absolute Gasteiger partial charge is 0.442 e. The molecule has 2 aliphatic heterocycles. The Balaban J connectivity index is 1.72. The fraction of sp³-hybridized carbons (Fsp3) is 0.529. The van der Waals surface area contributed by atoms with E-state index >= 15 is 0 Å². The van der Waals surface area contributed by atoms with Crippen LogP contribution in [0.25, 0.3) is 0 Å². The third-order valence-electron chi connectivity index (χ3n) is 4.39. The van der Waals surface area contributed by atoms with Crippen LogP contribution in [0.5, 0.6) is 0 Å². The smallest absolute Gasteiger partial charge is 0.414 e. The van der Waals surface area contributed by atoms with Crippen LogP contribution in [-0.4, -0.2) is 50.0 Å². The highest BCUT2D eigenvalue weighted by Crippen LogP contribution is 2.36. The molecule has 3 rings (SSSR count). The van der Waals surface area contributed by atoms with Crippen LogP contribution in [-0.2, 0) is 9.53 Å². The highest BCUT2D eigenvalue weighted by atomic mass is 19.1. The zero-order valence-electron chi connectivity index (χ0n) is 14.5. The Bertz CT molecular complexity index is 710. The summed E-state index contributed by atoms with van der Waals surface area (Å²) >= 11 is 0. The molecule has 0 bridgehead atoms. The molecule has 0 saturated carbocycles. The lowest BCUT2D eigenvalue weighted by atomic mass is 9.98. The van der Waals surface area contributed by atoms with Crippen molar-refractivity contribution >= 4 is 23.4 Å². The van der Waals surface area contributed by atoms with Gasteiger partial charge in [-0.2, -0.15) is 0 Å². The molecule has 142 valence electrons. The lowest BCUT2D eigenvalue weighted by molar-refractivity contribution is -0.121. The predicted molar refractivity (Wildman–Crippen MR) is 89.0 cm³/mol. The zero-order chi connectivity index (χ0) is 19.1. The van der Waals surface area contributed by atoms with Crippen molar-refractivity contribution in [1.82, 2.24) is 5.32 Å². The third-order valence-corrected chi connectivity index (χ3v) is 4.39. The molecule has 2 heterocycles. The van der Waals surface area contributed by atoms with Gasteiger partial charge in [-0.05, 0) is 6.92 Å². The number of carbonyl (C=O) groups is 2. The van der Waals surface area contributed by atoms with Gasteiger partial charge >= 0.3 is 6.09 Å². The van der Waals surface area contributed by atoms with E-state index in [-0.39, 0.29) is 43.5 Å². The lowest BCUT2D eigenvalue weighted by Crippen LogP contribution is -2.57. The van der Waals surface area contributed by atoms with E-state index < -0.39 is 29.5 Å². The second-order valence-corrected chi connectivity index (χ2v) is 6.80. The average molecular weight is 371 g/mol. The van der Waals surface area contributed by atoms with E-state index in [2.05, 4.69) is 5.32 Å². The average Bonchev–Trinajstić information content (AvgIpc) is 2.91. The monoisotopic (exact) mass is 371 g/mol. The summed E-state index contributed by atoms with van der Waals surface area (Å²) in [4.78, 5) is 25.6. The van der Waals surface area contributed by atoms with Crippen LogP contribution in [0.15, 0.2) is 12.1 Å². The van der Waals surface area contributed by atoms with Crippen LogP contribution in [0.3, 0.4) is 0 Å². The minimum Gasteiger partial charge on any atom is -0.442 e. The number of anilines is 2. The number of carbonyl (C=O) groups excluding carboxylic acids is 2. The summed E-state index contributed by atoms with van der Waals surface area (Å²) in [7, 11) is 0. The molecule has 26 heavy (non-hydrogen) atoms.